The van der Waals surface area contributed by atoms with Crippen LogP contribution in [0.15, 0.2) is 57.7 Å². The molecular formula is C25H30N2O3. The van der Waals surface area contributed by atoms with Gasteiger partial charge >= 0.3 is 0 Å². The molecule has 3 aromatic rings. The molecule has 30 heavy (non-hydrogen) atoms. The molecule has 0 aliphatic heterocycles. The van der Waals surface area contributed by atoms with Crippen molar-refractivity contribution in [1.29, 1.82) is 0 Å². The predicted molar refractivity (Wildman–Crippen MR) is 122 cm³/mol. The van der Waals surface area contributed by atoms with Crippen LogP contribution in [0.5, 0.6) is 0 Å². The summed E-state index contributed by atoms with van der Waals surface area (Å²) in [5, 5.41) is 3.56. The Kier molecular flexibility index (Phi) is 7.41. The van der Waals surface area contributed by atoms with Crippen molar-refractivity contribution < 1.29 is 9.21 Å². The lowest BCUT2D eigenvalue weighted by atomic mass is 10.1. The zero-order valence-corrected chi connectivity index (χ0v) is 18.0. The summed E-state index contributed by atoms with van der Waals surface area (Å²) in [6.45, 7) is 10.1. The number of benzene rings is 2. The van der Waals surface area contributed by atoms with Crippen LogP contribution in [-0.2, 0) is 0 Å². The van der Waals surface area contributed by atoms with E-state index in [1.54, 1.807) is 12.1 Å². The Balaban J connectivity index is 1.61. The smallest absolute Gasteiger partial charge is 0.251 e. The second kappa shape index (κ2) is 10.2. The minimum Gasteiger partial charge on any atom is -0.456 e. The molecule has 0 bridgehead atoms. The highest BCUT2D eigenvalue weighted by Gasteiger charge is 2.09. The maximum Gasteiger partial charge on any atom is 0.251 e. The van der Waals surface area contributed by atoms with Gasteiger partial charge in [-0.3, -0.25) is 9.59 Å². The summed E-state index contributed by atoms with van der Waals surface area (Å²) in [5.41, 5.74) is 2.88. The molecule has 5 nitrogen and oxygen atoms in total. The molecule has 0 saturated carbocycles. The number of carbonyl (C=O) groups is 1. The normalized spacial score (nSPS) is 11.2. The van der Waals surface area contributed by atoms with Crippen LogP contribution in [0.3, 0.4) is 0 Å². The number of hydrogen-bond donors (Lipinski definition) is 1. The Bertz CT molecular complexity index is 1050. The Morgan fingerprint density at radius 3 is 2.43 bits per heavy atom. The molecule has 3 rings (SSSR count). The fourth-order valence-corrected chi connectivity index (χ4v) is 3.50. The van der Waals surface area contributed by atoms with Crippen LogP contribution in [-0.4, -0.2) is 37.0 Å². The number of rotatable bonds is 9. The molecule has 0 atom stereocenters. The van der Waals surface area contributed by atoms with Crippen LogP contribution in [0.1, 0.15) is 42.6 Å². The Morgan fingerprint density at radius 2 is 1.73 bits per heavy atom. The van der Waals surface area contributed by atoms with Gasteiger partial charge in [-0.15, -0.1) is 0 Å². The van der Waals surface area contributed by atoms with Gasteiger partial charge in [0.2, 0.25) is 0 Å². The first-order chi connectivity index (χ1) is 14.5. The van der Waals surface area contributed by atoms with E-state index in [0.717, 1.165) is 43.6 Å². The Labute approximate surface area is 177 Å². The van der Waals surface area contributed by atoms with Gasteiger partial charge in [0.15, 0.2) is 5.43 Å². The van der Waals surface area contributed by atoms with Crippen LogP contribution in [0.4, 0.5) is 0 Å². The van der Waals surface area contributed by atoms with E-state index in [9.17, 15) is 9.59 Å². The second-order valence-corrected chi connectivity index (χ2v) is 7.54. The minimum absolute atomic E-state index is 0.0681. The van der Waals surface area contributed by atoms with E-state index in [2.05, 4.69) is 24.1 Å². The number of amides is 1. The van der Waals surface area contributed by atoms with Gasteiger partial charge in [-0.05, 0) is 63.7 Å². The zero-order valence-electron chi connectivity index (χ0n) is 18.0. The van der Waals surface area contributed by atoms with Crippen molar-refractivity contribution in [3.05, 3.63) is 69.9 Å². The van der Waals surface area contributed by atoms with E-state index in [1.165, 1.54) is 6.07 Å². The van der Waals surface area contributed by atoms with Crippen molar-refractivity contribution in [2.75, 3.05) is 26.2 Å². The molecule has 1 aromatic heterocycles. The first-order valence-electron chi connectivity index (χ1n) is 10.7. The van der Waals surface area contributed by atoms with Gasteiger partial charge < -0.3 is 14.6 Å². The van der Waals surface area contributed by atoms with Crippen molar-refractivity contribution in [2.24, 2.45) is 0 Å². The molecule has 0 saturated heterocycles. The quantitative estimate of drug-likeness (QED) is 0.527. The second-order valence-electron chi connectivity index (χ2n) is 7.54. The summed E-state index contributed by atoms with van der Waals surface area (Å²) < 4.78 is 5.91. The molecule has 5 heteroatoms. The number of nitrogens with one attached hydrogen (secondary N) is 1. The molecule has 0 spiro atoms. The van der Waals surface area contributed by atoms with Gasteiger partial charge in [-0.2, -0.15) is 0 Å². The number of carbonyl (C=O) groups excluding carboxylic acids is 1. The molecule has 1 amide bonds. The summed E-state index contributed by atoms with van der Waals surface area (Å²) in [6.07, 6.45) is 2.03. The summed E-state index contributed by atoms with van der Waals surface area (Å²) in [5.74, 6) is 0.416. The number of hydrogen-bond acceptors (Lipinski definition) is 4. The van der Waals surface area contributed by atoms with Crippen LogP contribution in [0.25, 0.3) is 22.3 Å². The predicted octanol–water partition coefficient (Wildman–Crippen LogP) is 4.62. The third-order valence-electron chi connectivity index (χ3n) is 5.40. The number of fused-ring (bicyclic) bond motifs is 1. The average molecular weight is 407 g/mol. The van der Waals surface area contributed by atoms with E-state index in [0.29, 0.717) is 28.8 Å². The standard InChI is InChI=1S/C25H30N2O3/c1-4-27(5-2)15-7-6-14-26-25(29)20-11-9-19(10-12-20)24-17-22(28)21-16-18(3)8-13-23(21)30-24/h8-13,16-17H,4-7,14-15H2,1-3H3,(H,26,29). The summed E-state index contributed by atoms with van der Waals surface area (Å²) in [7, 11) is 0. The highest BCUT2D eigenvalue weighted by Crippen LogP contribution is 2.23. The highest BCUT2D eigenvalue weighted by molar-refractivity contribution is 5.94. The maximum absolute atomic E-state index is 12.4. The van der Waals surface area contributed by atoms with E-state index < -0.39 is 0 Å². The molecule has 1 N–H and O–H groups in total. The van der Waals surface area contributed by atoms with E-state index in [-0.39, 0.29) is 11.3 Å². The number of aryl methyl sites for hydroxylation is 1. The van der Waals surface area contributed by atoms with Gasteiger partial charge in [-0.25, -0.2) is 0 Å². The molecule has 158 valence electrons. The van der Waals surface area contributed by atoms with Crippen molar-refractivity contribution in [1.82, 2.24) is 10.2 Å². The zero-order chi connectivity index (χ0) is 21.5. The molecule has 1 heterocycles. The van der Waals surface area contributed by atoms with Gasteiger partial charge in [0.1, 0.15) is 11.3 Å². The maximum atomic E-state index is 12.4. The van der Waals surface area contributed by atoms with Crippen molar-refractivity contribution in [2.45, 2.75) is 33.6 Å². The number of nitrogens with zero attached hydrogens (tertiary/aromatic N) is 1. The largest absolute Gasteiger partial charge is 0.456 e. The molecule has 0 radical (unpaired) electrons. The average Bonchev–Trinajstić information content (AvgIpc) is 2.76. The fraction of sp³-hybridized carbons (Fsp3) is 0.360. The van der Waals surface area contributed by atoms with Crippen LogP contribution in [0, 0.1) is 6.92 Å². The lowest BCUT2D eigenvalue weighted by Crippen LogP contribution is -2.27. The molecular weight excluding hydrogens is 376 g/mol. The summed E-state index contributed by atoms with van der Waals surface area (Å²) >= 11 is 0. The third kappa shape index (κ3) is 5.36. The first kappa shape index (κ1) is 21.8. The topological polar surface area (TPSA) is 62.6 Å². The monoisotopic (exact) mass is 406 g/mol. The lowest BCUT2D eigenvalue weighted by Gasteiger charge is -2.17. The molecule has 0 aliphatic rings. The molecule has 0 aliphatic carbocycles. The van der Waals surface area contributed by atoms with Crippen LogP contribution in [0.2, 0.25) is 0 Å². The number of unbranched alkanes of at least 4 members (excludes halogenated alkanes) is 1. The van der Waals surface area contributed by atoms with E-state index >= 15 is 0 Å². The lowest BCUT2D eigenvalue weighted by molar-refractivity contribution is 0.0952. The van der Waals surface area contributed by atoms with Crippen molar-refractivity contribution in [3.8, 4) is 11.3 Å². The van der Waals surface area contributed by atoms with Gasteiger partial charge in [0.25, 0.3) is 5.91 Å². The van der Waals surface area contributed by atoms with Gasteiger partial charge in [0, 0.05) is 23.7 Å². The van der Waals surface area contributed by atoms with Gasteiger partial charge in [0.05, 0.1) is 5.39 Å². The first-order valence-corrected chi connectivity index (χ1v) is 10.7. The molecule has 0 fully saturated rings. The van der Waals surface area contributed by atoms with Crippen LogP contribution < -0.4 is 10.7 Å². The van der Waals surface area contributed by atoms with E-state index in [1.807, 2.05) is 37.3 Å². The third-order valence-corrected chi connectivity index (χ3v) is 5.40. The fourth-order valence-electron chi connectivity index (χ4n) is 3.50. The van der Waals surface area contributed by atoms with Crippen molar-refractivity contribution in [3.63, 3.8) is 0 Å². The van der Waals surface area contributed by atoms with E-state index in [4.69, 9.17) is 4.42 Å². The Morgan fingerprint density at radius 1 is 1.00 bits per heavy atom. The van der Waals surface area contributed by atoms with Gasteiger partial charge in [-0.1, -0.05) is 37.6 Å². The SMILES string of the molecule is CCN(CC)CCCCNC(=O)c1ccc(-c2cc(=O)c3cc(C)ccc3o2)cc1. The summed E-state index contributed by atoms with van der Waals surface area (Å²) in [4.78, 5) is 27.2. The van der Waals surface area contributed by atoms with Crippen molar-refractivity contribution >= 4 is 16.9 Å². The molecule has 2 aromatic carbocycles. The Hall–Kier alpha value is -2.92. The van der Waals surface area contributed by atoms with Crippen LogP contribution >= 0.6 is 0 Å². The molecule has 0 unspecified atom stereocenters. The minimum atomic E-state index is -0.0835. The summed E-state index contributed by atoms with van der Waals surface area (Å²) in [6, 6.07) is 14.2. The highest BCUT2D eigenvalue weighted by atomic mass is 16.3.